The summed E-state index contributed by atoms with van der Waals surface area (Å²) in [6.45, 7) is 4.92. The first-order valence-electron chi connectivity index (χ1n) is 5.83. The molecule has 2 N–H and O–H groups in total. The quantitative estimate of drug-likeness (QED) is 0.739. The van der Waals surface area contributed by atoms with Gasteiger partial charge in [-0.2, -0.15) is 10.2 Å². The zero-order valence-corrected chi connectivity index (χ0v) is 9.98. The number of aromatic amines is 1. The van der Waals surface area contributed by atoms with E-state index in [9.17, 15) is 4.79 Å². The second-order valence-corrected chi connectivity index (χ2v) is 3.98. The number of nitrogens with one attached hydrogen (secondary N) is 2. The van der Waals surface area contributed by atoms with E-state index in [4.69, 9.17) is 10.00 Å². The minimum atomic E-state index is -0.511. The van der Waals surface area contributed by atoms with E-state index in [0.29, 0.717) is 12.4 Å². The molecule has 0 spiro atoms. The van der Waals surface area contributed by atoms with Crippen LogP contribution >= 0.6 is 0 Å². The lowest BCUT2D eigenvalue weighted by molar-refractivity contribution is 0.0398. The molecule has 1 aliphatic rings. The first-order valence-corrected chi connectivity index (χ1v) is 5.83. The monoisotopic (exact) mass is 249 g/mol. The van der Waals surface area contributed by atoms with Crippen molar-refractivity contribution in [1.82, 2.24) is 14.9 Å². The van der Waals surface area contributed by atoms with Crippen molar-refractivity contribution in [3.05, 3.63) is 22.2 Å². The standard InChI is InChI=1S/C11H15N5O2/c12-8-9-7-10(15-11(17)14-9)13-1-2-16-3-5-18-6-4-16/h7H,1-6H2,(H2,13,14,15,17). The van der Waals surface area contributed by atoms with Crippen LogP contribution in [0.25, 0.3) is 0 Å². The molecule has 2 heterocycles. The Morgan fingerprint density at radius 3 is 3.06 bits per heavy atom. The number of nitrogens with zero attached hydrogens (tertiary/aromatic N) is 3. The number of rotatable bonds is 4. The maximum Gasteiger partial charge on any atom is 0.347 e. The highest BCUT2D eigenvalue weighted by molar-refractivity contribution is 5.38. The van der Waals surface area contributed by atoms with Crippen molar-refractivity contribution in [3.8, 4) is 6.07 Å². The van der Waals surface area contributed by atoms with Crippen LogP contribution in [0.15, 0.2) is 10.9 Å². The van der Waals surface area contributed by atoms with E-state index in [1.807, 2.05) is 6.07 Å². The average Bonchev–Trinajstić information content (AvgIpc) is 2.39. The van der Waals surface area contributed by atoms with Crippen LogP contribution in [0, 0.1) is 11.3 Å². The Hall–Kier alpha value is -1.91. The molecule has 7 nitrogen and oxygen atoms in total. The molecule has 0 radical (unpaired) electrons. The smallest absolute Gasteiger partial charge is 0.347 e. The van der Waals surface area contributed by atoms with E-state index in [1.54, 1.807) is 0 Å². The van der Waals surface area contributed by atoms with E-state index in [1.165, 1.54) is 6.07 Å². The Morgan fingerprint density at radius 2 is 2.33 bits per heavy atom. The highest BCUT2D eigenvalue weighted by Gasteiger charge is 2.09. The normalized spacial score (nSPS) is 16.2. The van der Waals surface area contributed by atoms with E-state index in [2.05, 4.69) is 20.2 Å². The molecule has 0 bridgehead atoms. The minimum absolute atomic E-state index is 0.212. The maximum absolute atomic E-state index is 11.2. The third-order valence-electron chi connectivity index (χ3n) is 2.70. The molecule has 0 unspecified atom stereocenters. The summed E-state index contributed by atoms with van der Waals surface area (Å²) in [4.78, 5) is 19.5. The lowest BCUT2D eigenvalue weighted by atomic mass is 10.4. The summed E-state index contributed by atoms with van der Waals surface area (Å²) in [5.41, 5.74) is -0.299. The van der Waals surface area contributed by atoms with Gasteiger partial charge in [0, 0.05) is 32.2 Å². The number of aromatic nitrogens is 2. The molecule has 1 fully saturated rings. The SMILES string of the molecule is N#Cc1cc(NCCN2CCOCC2)nc(=O)[nH]1. The summed E-state index contributed by atoms with van der Waals surface area (Å²) in [5.74, 6) is 0.434. The molecule has 18 heavy (non-hydrogen) atoms. The van der Waals surface area contributed by atoms with Gasteiger partial charge >= 0.3 is 5.69 Å². The Morgan fingerprint density at radius 1 is 1.56 bits per heavy atom. The molecular weight excluding hydrogens is 234 g/mol. The first-order chi connectivity index (χ1) is 8.78. The van der Waals surface area contributed by atoms with Crippen LogP contribution < -0.4 is 11.0 Å². The van der Waals surface area contributed by atoms with Crippen molar-refractivity contribution in [2.24, 2.45) is 0 Å². The topological polar surface area (TPSA) is 94.0 Å². The molecule has 0 aromatic carbocycles. The Labute approximate surface area is 104 Å². The summed E-state index contributed by atoms with van der Waals surface area (Å²) in [6, 6.07) is 3.41. The Balaban J connectivity index is 1.84. The highest BCUT2D eigenvalue weighted by Crippen LogP contribution is 2.01. The van der Waals surface area contributed by atoms with Crippen LogP contribution in [-0.4, -0.2) is 54.3 Å². The van der Waals surface area contributed by atoms with Crippen LogP contribution in [0.4, 0.5) is 5.82 Å². The largest absolute Gasteiger partial charge is 0.379 e. The lowest BCUT2D eigenvalue weighted by Gasteiger charge is -2.26. The van der Waals surface area contributed by atoms with Crippen LogP contribution in [0.1, 0.15) is 5.69 Å². The zero-order chi connectivity index (χ0) is 12.8. The van der Waals surface area contributed by atoms with E-state index < -0.39 is 5.69 Å². The Kier molecular flexibility index (Phi) is 4.28. The molecule has 0 aliphatic carbocycles. The number of hydrogen-bond acceptors (Lipinski definition) is 6. The van der Waals surface area contributed by atoms with Gasteiger partial charge in [0.05, 0.1) is 13.2 Å². The summed E-state index contributed by atoms with van der Waals surface area (Å²) < 4.78 is 5.25. The number of H-pyrrole nitrogens is 1. The number of ether oxygens (including phenoxy) is 1. The third-order valence-corrected chi connectivity index (χ3v) is 2.70. The van der Waals surface area contributed by atoms with Crippen molar-refractivity contribution in [2.45, 2.75) is 0 Å². The number of hydrogen-bond donors (Lipinski definition) is 2. The molecule has 96 valence electrons. The molecule has 0 atom stereocenters. The summed E-state index contributed by atoms with van der Waals surface area (Å²) in [6.07, 6.45) is 0. The molecule has 1 aliphatic heterocycles. The van der Waals surface area contributed by atoms with Gasteiger partial charge in [-0.15, -0.1) is 0 Å². The first kappa shape index (κ1) is 12.5. The molecule has 1 saturated heterocycles. The molecular formula is C11H15N5O2. The van der Waals surface area contributed by atoms with Gasteiger partial charge in [0.25, 0.3) is 0 Å². The summed E-state index contributed by atoms with van der Waals surface area (Å²) in [7, 11) is 0. The molecule has 1 aromatic heterocycles. The van der Waals surface area contributed by atoms with Crippen LogP contribution in [0.2, 0.25) is 0 Å². The highest BCUT2D eigenvalue weighted by atomic mass is 16.5. The summed E-state index contributed by atoms with van der Waals surface area (Å²) in [5, 5.41) is 11.8. The van der Waals surface area contributed by atoms with Gasteiger partial charge in [-0.3, -0.25) is 9.88 Å². The van der Waals surface area contributed by atoms with E-state index in [0.717, 1.165) is 32.8 Å². The van der Waals surface area contributed by atoms with Crippen molar-refractivity contribution in [1.29, 1.82) is 5.26 Å². The lowest BCUT2D eigenvalue weighted by Crippen LogP contribution is -2.39. The maximum atomic E-state index is 11.2. The van der Waals surface area contributed by atoms with Gasteiger partial charge in [-0.25, -0.2) is 4.79 Å². The second kappa shape index (κ2) is 6.14. The zero-order valence-electron chi connectivity index (χ0n) is 9.98. The fourth-order valence-corrected chi connectivity index (χ4v) is 1.78. The van der Waals surface area contributed by atoms with Crippen molar-refractivity contribution >= 4 is 5.82 Å². The van der Waals surface area contributed by atoms with Crippen LogP contribution in [0.3, 0.4) is 0 Å². The van der Waals surface area contributed by atoms with Crippen molar-refractivity contribution < 1.29 is 4.74 Å². The minimum Gasteiger partial charge on any atom is -0.379 e. The van der Waals surface area contributed by atoms with Gasteiger partial charge in [0.15, 0.2) is 0 Å². The second-order valence-electron chi connectivity index (χ2n) is 3.98. The van der Waals surface area contributed by atoms with Gasteiger partial charge in [0.2, 0.25) is 0 Å². The number of morpholine rings is 1. The van der Waals surface area contributed by atoms with Gasteiger partial charge in [-0.05, 0) is 0 Å². The summed E-state index contributed by atoms with van der Waals surface area (Å²) >= 11 is 0. The molecule has 1 aromatic rings. The predicted octanol–water partition coefficient (Wildman–Crippen LogP) is -0.614. The third kappa shape index (κ3) is 3.55. The van der Waals surface area contributed by atoms with Crippen molar-refractivity contribution in [3.63, 3.8) is 0 Å². The fraction of sp³-hybridized carbons (Fsp3) is 0.545. The van der Waals surface area contributed by atoms with E-state index in [-0.39, 0.29) is 5.69 Å². The van der Waals surface area contributed by atoms with Gasteiger partial charge < -0.3 is 10.1 Å². The van der Waals surface area contributed by atoms with Crippen LogP contribution in [-0.2, 0) is 4.74 Å². The number of anilines is 1. The molecule has 2 rings (SSSR count). The predicted molar refractivity (Wildman–Crippen MR) is 65.3 cm³/mol. The van der Waals surface area contributed by atoms with E-state index >= 15 is 0 Å². The molecule has 7 heteroatoms. The molecule has 0 saturated carbocycles. The number of nitriles is 1. The fourth-order valence-electron chi connectivity index (χ4n) is 1.78. The van der Waals surface area contributed by atoms with Gasteiger partial charge in [-0.1, -0.05) is 0 Å². The molecule has 0 amide bonds. The Bertz CT molecular complexity index is 487. The van der Waals surface area contributed by atoms with Crippen LogP contribution in [0.5, 0.6) is 0 Å². The van der Waals surface area contributed by atoms with Gasteiger partial charge in [0.1, 0.15) is 17.6 Å². The van der Waals surface area contributed by atoms with Crippen molar-refractivity contribution in [2.75, 3.05) is 44.7 Å². The average molecular weight is 249 g/mol.